The van der Waals surface area contributed by atoms with Gasteiger partial charge in [0.05, 0.1) is 56.2 Å². The Kier molecular flexibility index (Phi) is 13.9. The number of aliphatic carboxylic acids is 2. The second kappa shape index (κ2) is 17.8. The lowest BCUT2D eigenvalue weighted by Crippen LogP contribution is -2.62. The van der Waals surface area contributed by atoms with Crippen LogP contribution in [0.5, 0.6) is 0 Å². The summed E-state index contributed by atoms with van der Waals surface area (Å²) < 4.78 is 0. The molecule has 8 atom stereocenters. The van der Waals surface area contributed by atoms with Crippen molar-refractivity contribution >= 4 is 53.3 Å². The Balaban J connectivity index is 1.89. The fourth-order valence-electron chi connectivity index (χ4n) is 5.75. The predicted octanol–water partition coefficient (Wildman–Crippen LogP) is -5.70. The van der Waals surface area contributed by atoms with Gasteiger partial charge in [0, 0.05) is 24.9 Å². The van der Waals surface area contributed by atoms with Gasteiger partial charge in [0.1, 0.15) is 24.2 Å². The van der Waals surface area contributed by atoms with E-state index in [1.54, 1.807) is 0 Å². The number of aromatic amines is 1. The Labute approximate surface area is 289 Å². The van der Waals surface area contributed by atoms with Crippen LogP contribution in [0, 0.1) is 0 Å². The van der Waals surface area contributed by atoms with Crippen molar-refractivity contribution < 1.29 is 58.5 Å². The van der Waals surface area contributed by atoms with Crippen molar-refractivity contribution in [3.8, 4) is 0 Å². The van der Waals surface area contributed by atoms with E-state index in [4.69, 9.17) is 21.7 Å². The van der Waals surface area contributed by atoms with E-state index in [9.17, 15) is 48.3 Å². The van der Waals surface area contributed by atoms with Crippen LogP contribution >= 0.6 is 0 Å². The first-order valence-electron chi connectivity index (χ1n) is 15.9. The monoisotopic (exact) mass is 722 g/mol. The van der Waals surface area contributed by atoms with Crippen LogP contribution in [0.25, 0.3) is 0 Å². The van der Waals surface area contributed by atoms with Gasteiger partial charge in [0.25, 0.3) is 0 Å². The first kappa shape index (κ1) is 39.8. The highest BCUT2D eigenvalue weighted by Crippen LogP contribution is 2.23. The molecule has 0 spiro atoms. The van der Waals surface area contributed by atoms with Crippen LogP contribution in [0.1, 0.15) is 51.1 Å². The summed E-state index contributed by atoms with van der Waals surface area (Å²) in [5, 5.41) is 40.5. The number of imidazole rings is 1. The predicted molar refractivity (Wildman–Crippen MR) is 169 cm³/mol. The molecule has 0 radical (unpaired) electrons. The maximum Gasteiger partial charge on any atom is 0.306 e. The standard InChI is InChI=1S/C29H42N10O12/c1-12-24(29(51)39-4-2-3-18(39)19(40)9-23(45)46)38-28(50)16(7-20(31)41)36-27(49)17(8-21(42)34-12)37-26(48)15(5-13-10-32-11-33-13)35-25(47)14(30)6-22(43)44/h10-12,14-19,24,40H,2-9,30H2,1H3,(H2,31,41)(H,32,33)(H,34,42)(H,35,47)(H,36,49)(H,37,48)(H,38,50)(H,43,44)(H,45,46)/t12-,14-,15-,16-,17+,18-,19+,24-/m0/s1. The van der Waals surface area contributed by atoms with Crippen molar-refractivity contribution in [2.24, 2.45) is 11.5 Å². The van der Waals surface area contributed by atoms with E-state index in [2.05, 4.69) is 36.6 Å². The molecule has 0 aromatic carbocycles. The SMILES string of the molecule is C[C@@H]1NC(=O)C[C@@H](NC(=O)[C@H](Cc2cnc[nH]2)NC(=O)[C@@H](N)CC(=O)O)C(=O)N[C@@H](CC(N)=O)C(=O)N[C@@H]1C(=O)N1CCC[C@H]1[C@H](O)CC(=O)O. The molecule has 2 fully saturated rings. The van der Waals surface area contributed by atoms with Gasteiger partial charge in [-0.2, -0.15) is 0 Å². The average molecular weight is 723 g/mol. The molecule has 0 bridgehead atoms. The Morgan fingerprint density at radius 2 is 1.71 bits per heavy atom. The highest BCUT2D eigenvalue weighted by atomic mass is 16.4. The topological polar surface area (TPSA) is 358 Å². The number of aromatic nitrogens is 2. The zero-order chi connectivity index (χ0) is 38.0. The van der Waals surface area contributed by atoms with Crippen molar-refractivity contribution in [1.29, 1.82) is 0 Å². The number of carboxylic acids is 2. The van der Waals surface area contributed by atoms with E-state index in [-0.39, 0.29) is 19.4 Å². The number of H-pyrrole nitrogens is 1. The third-order valence-corrected chi connectivity index (χ3v) is 8.27. The van der Waals surface area contributed by atoms with Crippen molar-refractivity contribution in [3.05, 3.63) is 18.2 Å². The van der Waals surface area contributed by atoms with Gasteiger partial charge in [-0.3, -0.25) is 43.2 Å². The molecule has 0 aliphatic carbocycles. The molecule has 2 aliphatic heterocycles. The number of primary amides is 1. The first-order valence-corrected chi connectivity index (χ1v) is 15.9. The van der Waals surface area contributed by atoms with Crippen LogP contribution in [-0.2, 0) is 49.6 Å². The first-order chi connectivity index (χ1) is 24.0. The van der Waals surface area contributed by atoms with Crippen molar-refractivity contribution in [2.75, 3.05) is 6.54 Å². The molecule has 1 aromatic heterocycles. The fourth-order valence-corrected chi connectivity index (χ4v) is 5.75. The minimum absolute atomic E-state index is 0.0975. The lowest BCUT2D eigenvalue weighted by Gasteiger charge is -2.34. The number of nitrogens with zero attached hydrogens (tertiary/aromatic N) is 2. The molecule has 22 heteroatoms. The Hall–Kier alpha value is -5.64. The Bertz CT molecular complexity index is 1500. The summed E-state index contributed by atoms with van der Waals surface area (Å²) in [6, 6.07) is -10.1. The highest BCUT2D eigenvalue weighted by Gasteiger charge is 2.42. The van der Waals surface area contributed by atoms with Gasteiger partial charge < -0.3 is 63.3 Å². The lowest BCUT2D eigenvalue weighted by molar-refractivity contribution is -0.145. The molecule has 2 aliphatic rings. The summed E-state index contributed by atoms with van der Waals surface area (Å²) in [6.07, 6.45) is -1.34. The average Bonchev–Trinajstić information content (AvgIpc) is 3.73. The highest BCUT2D eigenvalue weighted by molar-refractivity contribution is 6.00. The van der Waals surface area contributed by atoms with Crippen LogP contribution in [0.15, 0.2) is 12.5 Å². The minimum Gasteiger partial charge on any atom is -0.481 e. The maximum absolute atomic E-state index is 13.8. The minimum atomic E-state index is -1.73. The number of carbonyl (C=O) groups excluding carboxylic acids is 7. The summed E-state index contributed by atoms with van der Waals surface area (Å²) in [6.45, 7) is 1.46. The van der Waals surface area contributed by atoms with E-state index in [1.165, 1.54) is 24.3 Å². The van der Waals surface area contributed by atoms with E-state index in [0.717, 1.165) is 0 Å². The van der Waals surface area contributed by atoms with Crippen LogP contribution in [0.4, 0.5) is 0 Å². The number of nitrogens with one attached hydrogen (secondary N) is 6. The molecule has 0 saturated carbocycles. The van der Waals surface area contributed by atoms with Gasteiger partial charge in [0.15, 0.2) is 0 Å². The second-order valence-electron chi connectivity index (χ2n) is 12.3. The summed E-state index contributed by atoms with van der Waals surface area (Å²) in [5.74, 6) is -9.60. The molecule has 1 aromatic rings. The summed E-state index contributed by atoms with van der Waals surface area (Å²) in [7, 11) is 0. The van der Waals surface area contributed by atoms with Crippen LogP contribution in [0.2, 0.25) is 0 Å². The van der Waals surface area contributed by atoms with Crippen molar-refractivity contribution in [1.82, 2.24) is 41.5 Å². The third-order valence-electron chi connectivity index (χ3n) is 8.27. The van der Waals surface area contributed by atoms with Gasteiger partial charge in [-0.1, -0.05) is 0 Å². The number of aliphatic hydroxyl groups excluding tert-OH is 1. The van der Waals surface area contributed by atoms with Crippen molar-refractivity contribution in [2.45, 2.75) is 100 Å². The van der Waals surface area contributed by atoms with Gasteiger partial charge in [0.2, 0.25) is 41.4 Å². The van der Waals surface area contributed by atoms with Crippen molar-refractivity contribution in [3.63, 3.8) is 0 Å². The van der Waals surface area contributed by atoms with E-state index in [0.29, 0.717) is 12.1 Å². The largest absolute Gasteiger partial charge is 0.481 e. The molecule has 3 rings (SSSR count). The van der Waals surface area contributed by atoms with Crippen LogP contribution < -0.4 is 38.1 Å². The molecular weight excluding hydrogens is 680 g/mol. The molecule has 13 N–H and O–H groups in total. The molecule has 280 valence electrons. The fraction of sp³-hybridized carbons (Fsp3) is 0.586. The molecule has 0 unspecified atom stereocenters. The van der Waals surface area contributed by atoms with Gasteiger partial charge in [-0.25, -0.2) is 4.98 Å². The number of likely N-dealkylation sites (tertiary alicyclic amines) is 1. The Morgan fingerprint density at radius 1 is 1.02 bits per heavy atom. The van der Waals surface area contributed by atoms with Crippen LogP contribution in [0.3, 0.4) is 0 Å². The van der Waals surface area contributed by atoms with Gasteiger partial charge >= 0.3 is 11.9 Å². The second-order valence-corrected chi connectivity index (χ2v) is 12.3. The van der Waals surface area contributed by atoms with Crippen LogP contribution in [-0.4, -0.2) is 138 Å². The number of hydrogen-bond donors (Lipinski definition) is 11. The van der Waals surface area contributed by atoms with E-state index in [1.807, 2.05) is 0 Å². The molecule has 22 nitrogen and oxygen atoms in total. The lowest BCUT2D eigenvalue weighted by atomic mass is 10.0. The normalized spacial score (nSPS) is 24.4. The summed E-state index contributed by atoms with van der Waals surface area (Å²) >= 11 is 0. The molecular formula is C29H42N10O12. The molecule has 2 saturated heterocycles. The number of amides is 7. The molecule has 3 heterocycles. The summed E-state index contributed by atoms with van der Waals surface area (Å²) in [5.41, 5.74) is 11.3. The Morgan fingerprint density at radius 3 is 2.31 bits per heavy atom. The van der Waals surface area contributed by atoms with Gasteiger partial charge in [-0.05, 0) is 19.8 Å². The zero-order valence-electron chi connectivity index (χ0n) is 27.5. The summed E-state index contributed by atoms with van der Waals surface area (Å²) in [4.78, 5) is 122. The zero-order valence-corrected chi connectivity index (χ0v) is 27.5. The number of rotatable bonds is 14. The molecule has 7 amide bonds. The van der Waals surface area contributed by atoms with E-state index < -0.39 is 127 Å². The van der Waals surface area contributed by atoms with E-state index >= 15 is 0 Å². The third kappa shape index (κ3) is 11.5. The number of nitrogens with two attached hydrogens (primary N) is 2. The number of hydrogen-bond acceptors (Lipinski definition) is 12. The number of carbonyl (C=O) groups is 9. The maximum atomic E-state index is 13.8. The number of carboxylic acid groups (broad SMARTS) is 2. The van der Waals surface area contributed by atoms with Gasteiger partial charge in [-0.15, -0.1) is 0 Å². The number of aliphatic hydroxyl groups is 1. The quantitative estimate of drug-likeness (QED) is 0.0853. The molecule has 51 heavy (non-hydrogen) atoms. The smallest absolute Gasteiger partial charge is 0.306 e.